The Morgan fingerprint density at radius 2 is 1.39 bits per heavy atom. The molecule has 0 bridgehead atoms. The van der Waals surface area contributed by atoms with Gasteiger partial charge in [0.25, 0.3) is 0 Å². The molecule has 2 saturated heterocycles. The molecule has 2 aromatic rings. The van der Waals surface area contributed by atoms with E-state index in [1.165, 1.54) is 0 Å². The van der Waals surface area contributed by atoms with Crippen LogP contribution >= 0.6 is 0 Å². The predicted molar refractivity (Wildman–Crippen MR) is 104 cm³/mol. The molecule has 2 aromatic heterocycles. The van der Waals surface area contributed by atoms with E-state index in [4.69, 9.17) is 0 Å². The molecule has 148 valence electrons. The number of rotatable bonds is 3. The summed E-state index contributed by atoms with van der Waals surface area (Å²) in [5.41, 5.74) is 0.878. The molecule has 0 radical (unpaired) electrons. The van der Waals surface area contributed by atoms with Crippen molar-refractivity contribution in [2.45, 2.75) is 44.4 Å². The number of carbonyl (C=O) groups is 2. The first kappa shape index (κ1) is 17.6. The number of piperidine rings is 2. The second-order valence-corrected chi connectivity index (χ2v) is 8.46. The van der Waals surface area contributed by atoms with Gasteiger partial charge in [0.15, 0.2) is 5.65 Å². The molecule has 4 heterocycles. The van der Waals surface area contributed by atoms with E-state index >= 15 is 0 Å². The minimum atomic E-state index is 0.0775. The summed E-state index contributed by atoms with van der Waals surface area (Å²) < 4.78 is 2.06. The van der Waals surface area contributed by atoms with Crippen LogP contribution in [0.3, 0.4) is 0 Å². The van der Waals surface area contributed by atoms with Crippen LogP contribution in [0.5, 0.6) is 0 Å². The van der Waals surface area contributed by atoms with Crippen molar-refractivity contribution in [3.8, 4) is 0 Å². The quantitative estimate of drug-likeness (QED) is 0.816. The molecule has 1 saturated carbocycles. The number of carbonyl (C=O) groups excluding carboxylic acids is 2. The van der Waals surface area contributed by atoms with Crippen molar-refractivity contribution >= 4 is 17.5 Å². The van der Waals surface area contributed by atoms with E-state index in [-0.39, 0.29) is 17.7 Å². The van der Waals surface area contributed by atoms with Crippen molar-refractivity contribution in [1.29, 1.82) is 0 Å². The van der Waals surface area contributed by atoms with Crippen LogP contribution in [0.15, 0.2) is 24.4 Å². The van der Waals surface area contributed by atoms with Crippen molar-refractivity contribution in [3.63, 3.8) is 0 Å². The van der Waals surface area contributed by atoms with Crippen molar-refractivity contribution < 1.29 is 9.59 Å². The zero-order valence-electron chi connectivity index (χ0n) is 16.2. The molecule has 0 N–H and O–H groups in total. The van der Waals surface area contributed by atoms with Gasteiger partial charge < -0.3 is 9.80 Å². The highest BCUT2D eigenvalue weighted by molar-refractivity contribution is 5.82. The van der Waals surface area contributed by atoms with Gasteiger partial charge in [-0.3, -0.25) is 14.0 Å². The van der Waals surface area contributed by atoms with E-state index in [1.54, 1.807) is 0 Å². The summed E-state index contributed by atoms with van der Waals surface area (Å²) in [5.74, 6) is 2.30. The monoisotopic (exact) mass is 381 g/mol. The normalized spacial score (nSPS) is 22.0. The lowest BCUT2D eigenvalue weighted by Gasteiger charge is -2.37. The first-order chi connectivity index (χ1) is 13.7. The van der Waals surface area contributed by atoms with Gasteiger partial charge in [0, 0.05) is 50.1 Å². The van der Waals surface area contributed by atoms with Crippen molar-refractivity contribution in [2.24, 2.45) is 11.8 Å². The fourth-order valence-corrected chi connectivity index (χ4v) is 4.69. The molecule has 0 atom stereocenters. The van der Waals surface area contributed by atoms with Gasteiger partial charge in [-0.2, -0.15) is 0 Å². The summed E-state index contributed by atoms with van der Waals surface area (Å²) in [6.45, 7) is 3.06. The van der Waals surface area contributed by atoms with Crippen LogP contribution in [0.25, 0.3) is 5.65 Å². The lowest BCUT2D eigenvalue weighted by atomic mass is 9.91. The summed E-state index contributed by atoms with van der Waals surface area (Å²) in [6, 6.07) is 5.94. The smallest absolute Gasteiger partial charge is 0.225 e. The molecule has 0 aromatic carbocycles. The van der Waals surface area contributed by atoms with E-state index < -0.39 is 0 Å². The fraction of sp³-hybridized carbons (Fsp3) is 0.619. The minimum absolute atomic E-state index is 0.0775. The molecule has 3 aliphatic rings. The molecule has 0 unspecified atom stereocenters. The van der Waals surface area contributed by atoms with Gasteiger partial charge in [-0.1, -0.05) is 6.07 Å². The van der Waals surface area contributed by atoms with Gasteiger partial charge in [0.2, 0.25) is 11.8 Å². The van der Waals surface area contributed by atoms with Gasteiger partial charge in [-0.25, -0.2) is 0 Å². The van der Waals surface area contributed by atoms with Crippen LogP contribution in [-0.2, 0) is 9.59 Å². The van der Waals surface area contributed by atoms with Gasteiger partial charge in [0.1, 0.15) is 5.82 Å². The fourth-order valence-electron chi connectivity index (χ4n) is 4.69. The first-order valence-corrected chi connectivity index (χ1v) is 10.6. The lowest BCUT2D eigenvalue weighted by molar-refractivity contribution is -0.142. The maximum absolute atomic E-state index is 13.0. The molecule has 2 aliphatic heterocycles. The second-order valence-electron chi connectivity index (χ2n) is 8.46. The lowest BCUT2D eigenvalue weighted by Crippen LogP contribution is -2.46. The van der Waals surface area contributed by atoms with Crippen LogP contribution in [-0.4, -0.2) is 62.4 Å². The number of pyridine rings is 1. The van der Waals surface area contributed by atoms with Crippen LogP contribution in [0.2, 0.25) is 0 Å². The maximum atomic E-state index is 13.0. The average molecular weight is 381 g/mol. The van der Waals surface area contributed by atoms with E-state index in [2.05, 4.69) is 14.6 Å². The maximum Gasteiger partial charge on any atom is 0.225 e. The first-order valence-electron chi connectivity index (χ1n) is 10.6. The van der Waals surface area contributed by atoms with Crippen molar-refractivity contribution in [2.75, 3.05) is 26.2 Å². The number of aromatic nitrogens is 3. The topological polar surface area (TPSA) is 70.8 Å². The molecule has 7 heteroatoms. The third-order valence-electron chi connectivity index (χ3n) is 6.59. The van der Waals surface area contributed by atoms with Crippen molar-refractivity contribution in [3.05, 3.63) is 30.2 Å². The Labute approximate surface area is 164 Å². The van der Waals surface area contributed by atoms with Crippen molar-refractivity contribution in [1.82, 2.24) is 24.4 Å². The van der Waals surface area contributed by atoms with E-state index in [1.807, 2.05) is 34.2 Å². The Balaban J connectivity index is 1.16. The molecule has 1 aliphatic carbocycles. The SMILES string of the molecule is O=C(C1CC1)N1CCC(C(=O)N2CCC(c3nnc4ccccn34)CC2)CC1. The summed E-state index contributed by atoms with van der Waals surface area (Å²) >= 11 is 0. The van der Waals surface area contributed by atoms with Gasteiger partial charge in [0.05, 0.1) is 0 Å². The van der Waals surface area contributed by atoms with Gasteiger partial charge in [-0.15, -0.1) is 10.2 Å². The number of likely N-dealkylation sites (tertiary alicyclic amines) is 2. The Bertz CT molecular complexity index is 874. The second kappa shape index (κ2) is 7.18. The van der Waals surface area contributed by atoms with Crippen LogP contribution in [0, 0.1) is 11.8 Å². The molecular weight excluding hydrogens is 354 g/mol. The largest absolute Gasteiger partial charge is 0.342 e. The van der Waals surface area contributed by atoms with E-state index in [9.17, 15) is 9.59 Å². The van der Waals surface area contributed by atoms with E-state index in [0.717, 1.165) is 76.2 Å². The molecule has 3 fully saturated rings. The van der Waals surface area contributed by atoms with Crippen LogP contribution in [0.1, 0.15) is 50.3 Å². The third kappa shape index (κ3) is 3.27. The van der Waals surface area contributed by atoms with Gasteiger partial charge in [-0.05, 0) is 50.7 Å². The highest BCUT2D eigenvalue weighted by Crippen LogP contribution is 2.33. The summed E-state index contributed by atoms with van der Waals surface area (Å²) in [6.07, 6.45) is 7.60. The number of amides is 2. The molecule has 0 spiro atoms. The molecule has 28 heavy (non-hydrogen) atoms. The summed E-state index contributed by atoms with van der Waals surface area (Å²) in [5, 5.41) is 8.65. The summed E-state index contributed by atoms with van der Waals surface area (Å²) in [4.78, 5) is 29.2. The number of hydrogen-bond acceptors (Lipinski definition) is 4. The van der Waals surface area contributed by atoms with E-state index in [0.29, 0.717) is 11.8 Å². The Kier molecular flexibility index (Phi) is 4.53. The predicted octanol–water partition coefficient (Wildman–Crippen LogP) is 2.08. The van der Waals surface area contributed by atoms with Crippen LogP contribution < -0.4 is 0 Å². The summed E-state index contributed by atoms with van der Waals surface area (Å²) in [7, 11) is 0. The molecule has 2 amide bonds. The number of hydrogen-bond donors (Lipinski definition) is 0. The van der Waals surface area contributed by atoms with Crippen LogP contribution in [0.4, 0.5) is 0 Å². The Morgan fingerprint density at radius 3 is 2.04 bits per heavy atom. The molecule has 7 nitrogen and oxygen atoms in total. The highest BCUT2D eigenvalue weighted by atomic mass is 16.2. The Morgan fingerprint density at radius 1 is 0.786 bits per heavy atom. The molecule has 5 rings (SSSR count). The molecular formula is C21H27N5O2. The average Bonchev–Trinajstić information content (AvgIpc) is 3.52. The zero-order chi connectivity index (χ0) is 19.1. The highest BCUT2D eigenvalue weighted by Gasteiger charge is 2.37. The van der Waals surface area contributed by atoms with Gasteiger partial charge >= 0.3 is 0 Å². The number of nitrogens with zero attached hydrogens (tertiary/aromatic N) is 5. The minimum Gasteiger partial charge on any atom is -0.342 e. The standard InChI is InChI=1S/C21H27N5O2/c27-20(16-4-5-16)25-13-8-17(9-14-25)21(28)24-11-6-15(7-12-24)19-23-22-18-3-1-2-10-26(18)19/h1-3,10,15-17H,4-9,11-14H2. The Hall–Kier alpha value is -2.44. The zero-order valence-corrected chi connectivity index (χ0v) is 16.2. The third-order valence-corrected chi connectivity index (χ3v) is 6.59. The number of fused-ring (bicyclic) bond motifs is 1.